The second-order valence-electron chi connectivity index (χ2n) is 4.43. The van der Waals surface area contributed by atoms with Crippen molar-refractivity contribution in [2.75, 3.05) is 26.2 Å². The Balaban J connectivity index is 0.000000861. The lowest BCUT2D eigenvalue weighted by Crippen LogP contribution is -2.34. The van der Waals surface area contributed by atoms with Crippen LogP contribution in [0.5, 0.6) is 0 Å². The zero-order valence-electron chi connectivity index (χ0n) is 12.2. The molecule has 0 aliphatic carbocycles. The van der Waals surface area contributed by atoms with Crippen molar-refractivity contribution >= 4 is 17.2 Å². The van der Waals surface area contributed by atoms with Crippen LogP contribution in [0.1, 0.15) is 37.4 Å². The van der Waals surface area contributed by atoms with Crippen LogP contribution in [0, 0.1) is 6.92 Å². The first-order valence-corrected chi connectivity index (χ1v) is 8.02. The van der Waals surface area contributed by atoms with Gasteiger partial charge >= 0.3 is 0 Å². The third-order valence-corrected chi connectivity index (χ3v) is 3.78. The third-order valence-electron chi connectivity index (χ3n) is 2.96. The molecule has 0 aromatic carbocycles. The third kappa shape index (κ3) is 6.16. The van der Waals surface area contributed by atoms with Gasteiger partial charge < -0.3 is 10.2 Å². The summed E-state index contributed by atoms with van der Waals surface area (Å²) in [5.41, 5.74) is 0.881. The van der Waals surface area contributed by atoms with Crippen molar-refractivity contribution in [3.05, 3.63) is 16.1 Å². The van der Waals surface area contributed by atoms with E-state index < -0.39 is 0 Å². The van der Waals surface area contributed by atoms with Crippen molar-refractivity contribution in [2.45, 2.75) is 40.0 Å². The largest absolute Gasteiger partial charge is 0.354 e. The molecule has 0 spiro atoms. The molecule has 2 rings (SSSR count). The van der Waals surface area contributed by atoms with Crippen LogP contribution in [0.25, 0.3) is 0 Å². The van der Waals surface area contributed by atoms with E-state index in [1.54, 1.807) is 11.3 Å². The highest BCUT2D eigenvalue weighted by Gasteiger charge is 2.11. The fraction of sp³-hybridized carbons (Fsp3) is 0.714. The smallest absolute Gasteiger partial charge is 0.226 e. The molecule has 19 heavy (non-hydrogen) atoms. The fourth-order valence-electron chi connectivity index (χ4n) is 2.08. The van der Waals surface area contributed by atoms with Gasteiger partial charge in [0.2, 0.25) is 5.91 Å². The van der Waals surface area contributed by atoms with E-state index in [4.69, 9.17) is 0 Å². The molecule has 1 fully saturated rings. The maximum Gasteiger partial charge on any atom is 0.226 e. The highest BCUT2D eigenvalue weighted by atomic mass is 32.1. The number of hydrogen-bond donors (Lipinski definition) is 1. The summed E-state index contributed by atoms with van der Waals surface area (Å²) in [5.74, 6) is 0.0782. The van der Waals surface area contributed by atoms with E-state index in [0.29, 0.717) is 6.42 Å². The topological polar surface area (TPSA) is 45.2 Å². The van der Waals surface area contributed by atoms with Crippen LogP contribution in [-0.2, 0) is 11.2 Å². The SMILES string of the molecule is CC.Cc1nc(CC(=O)NCCN2CCCC2)cs1. The minimum absolute atomic E-state index is 0.0782. The zero-order chi connectivity index (χ0) is 14.1. The number of likely N-dealkylation sites (tertiary alicyclic amines) is 1. The van der Waals surface area contributed by atoms with E-state index in [1.807, 2.05) is 26.2 Å². The van der Waals surface area contributed by atoms with Gasteiger partial charge in [0.05, 0.1) is 17.1 Å². The van der Waals surface area contributed by atoms with Gasteiger partial charge in [0, 0.05) is 18.5 Å². The van der Waals surface area contributed by atoms with Crippen LogP contribution < -0.4 is 5.32 Å². The molecule has 108 valence electrons. The number of nitrogens with one attached hydrogen (secondary N) is 1. The van der Waals surface area contributed by atoms with Gasteiger partial charge in [-0.3, -0.25) is 4.79 Å². The Hall–Kier alpha value is -0.940. The van der Waals surface area contributed by atoms with Gasteiger partial charge in [0.15, 0.2) is 0 Å². The van der Waals surface area contributed by atoms with Crippen molar-refractivity contribution < 1.29 is 4.79 Å². The molecular formula is C14H25N3OS. The molecule has 1 saturated heterocycles. The normalized spacial score (nSPS) is 14.9. The van der Waals surface area contributed by atoms with Crippen LogP contribution in [-0.4, -0.2) is 42.0 Å². The number of carbonyl (C=O) groups excluding carboxylic acids is 1. The molecule has 1 aromatic rings. The Bertz CT molecular complexity index is 373. The van der Waals surface area contributed by atoms with E-state index in [0.717, 1.165) is 23.8 Å². The van der Waals surface area contributed by atoms with E-state index in [1.165, 1.54) is 25.9 Å². The summed E-state index contributed by atoms with van der Waals surface area (Å²) in [6.07, 6.45) is 3.00. The minimum Gasteiger partial charge on any atom is -0.354 e. The predicted molar refractivity (Wildman–Crippen MR) is 80.6 cm³/mol. The molecule has 2 heterocycles. The summed E-state index contributed by atoms with van der Waals surface area (Å²) in [5, 5.41) is 5.92. The Morgan fingerprint density at radius 2 is 2.11 bits per heavy atom. The average Bonchev–Trinajstić information content (AvgIpc) is 3.04. The lowest BCUT2D eigenvalue weighted by Gasteiger charge is -2.14. The molecule has 1 aliphatic rings. The Morgan fingerprint density at radius 3 is 2.68 bits per heavy atom. The molecule has 0 bridgehead atoms. The van der Waals surface area contributed by atoms with Gasteiger partial charge in [-0.2, -0.15) is 0 Å². The predicted octanol–water partition coefficient (Wildman–Crippen LogP) is 2.23. The summed E-state index contributed by atoms with van der Waals surface area (Å²) >= 11 is 1.59. The number of aryl methyl sites for hydroxylation is 1. The van der Waals surface area contributed by atoms with Crippen LogP contribution in [0.3, 0.4) is 0 Å². The number of nitrogens with zero attached hydrogens (tertiary/aromatic N) is 2. The first kappa shape index (κ1) is 16.1. The zero-order valence-corrected chi connectivity index (χ0v) is 13.1. The van der Waals surface area contributed by atoms with Crippen LogP contribution in [0.15, 0.2) is 5.38 Å². The molecule has 0 atom stereocenters. The number of amides is 1. The monoisotopic (exact) mass is 283 g/mol. The molecule has 1 N–H and O–H groups in total. The molecule has 0 saturated carbocycles. The lowest BCUT2D eigenvalue weighted by atomic mass is 10.3. The molecular weight excluding hydrogens is 258 g/mol. The van der Waals surface area contributed by atoms with Gasteiger partial charge in [-0.15, -0.1) is 11.3 Å². The summed E-state index contributed by atoms with van der Waals surface area (Å²) in [7, 11) is 0. The average molecular weight is 283 g/mol. The van der Waals surface area contributed by atoms with E-state index in [9.17, 15) is 4.79 Å². The van der Waals surface area contributed by atoms with Crippen molar-refractivity contribution in [3.8, 4) is 0 Å². The number of hydrogen-bond acceptors (Lipinski definition) is 4. The number of carbonyl (C=O) groups is 1. The van der Waals surface area contributed by atoms with Gasteiger partial charge in [-0.25, -0.2) is 4.98 Å². The Kier molecular flexibility index (Phi) is 7.67. The summed E-state index contributed by atoms with van der Waals surface area (Å²) < 4.78 is 0. The van der Waals surface area contributed by atoms with Crippen molar-refractivity contribution in [1.82, 2.24) is 15.2 Å². The quantitative estimate of drug-likeness (QED) is 0.901. The van der Waals surface area contributed by atoms with Crippen molar-refractivity contribution in [3.63, 3.8) is 0 Å². The number of aromatic nitrogens is 1. The maximum atomic E-state index is 11.6. The molecule has 1 aliphatic heterocycles. The number of rotatable bonds is 5. The van der Waals surface area contributed by atoms with Crippen LogP contribution in [0.4, 0.5) is 0 Å². The van der Waals surface area contributed by atoms with Gasteiger partial charge in [0.25, 0.3) is 0 Å². The summed E-state index contributed by atoms with van der Waals surface area (Å²) in [6.45, 7) is 10.0. The molecule has 5 heteroatoms. The van der Waals surface area contributed by atoms with Gasteiger partial charge in [0.1, 0.15) is 0 Å². The van der Waals surface area contributed by atoms with E-state index in [-0.39, 0.29) is 5.91 Å². The van der Waals surface area contributed by atoms with Gasteiger partial charge in [-0.1, -0.05) is 13.8 Å². The molecule has 0 unspecified atom stereocenters. The first-order chi connectivity index (χ1) is 9.24. The fourth-order valence-corrected chi connectivity index (χ4v) is 2.69. The van der Waals surface area contributed by atoms with Gasteiger partial charge in [-0.05, 0) is 32.9 Å². The molecule has 4 nitrogen and oxygen atoms in total. The maximum absolute atomic E-state index is 11.6. The molecule has 1 aromatic heterocycles. The van der Waals surface area contributed by atoms with Crippen molar-refractivity contribution in [2.24, 2.45) is 0 Å². The summed E-state index contributed by atoms with van der Waals surface area (Å²) in [4.78, 5) is 18.3. The lowest BCUT2D eigenvalue weighted by molar-refractivity contribution is -0.120. The summed E-state index contributed by atoms with van der Waals surface area (Å²) in [6, 6.07) is 0. The number of thiazole rings is 1. The Labute approximate surface area is 120 Å². The highest BCUT2D eigenvalue weighted by Crippen LogP contribution is 2.08. The molecule has 1 amide bonds. The second kappa shape index (κ2) is 9.04. The molecule has 0 radical (unpaired) electrons. The highest BCUT2D eigenvalue weighted by molar-refractivity contribution is 7.09. The minimum atomic E-state index is 0.0782. The Morgan fingerprint density at radius 1 is 1.42 bits per heavy atom. The first-order valence-electron chi connectivity index (χ1n) is 7.14. The van der Waals surface area contributed by atoms with Crippen LogP contribution >= 0.6 is 11.3 Å². The second-order valence-corrected chi connectivity index (χ2v) is 5.50. The standard InChI is InChI=1S/C12H19N3OS.C2H6/c1-10-14-11(9-17-10)8-12(16)13-4-7-15-5-2-3-6-15;1-2/h9H,2-8H2,1H3,(H,13,16);1-2H3. The van der Waals surface area contributed by atoms with Crippen LogP contribution in [0.2, 0.25) is 0 Å². The van der Waals surface area contributed by atoms with E-state index in [2.05, 4.69) is 15.2 Å². The van der Waals surface area contributed by atoms with E-state index >= 15 is 0 Å². The van der Waals surface area contributed by atoms with Crippen molar-refractivity contribution in [1.29, 1.82) is 0 Å².